The predicted molar refractivity (Wildman–Crippen MR) is 55.3 cm³/mol. The molecule has 0 aromatic rings. The number of hydrogen-bond donors (Lipinski definition) is 0. The van der Waals surface area contributed by atoms with Gasteiger partial charge in [-0.1, -0.05) is 13.0 Å². The average molecular weight is 214 g/mol. The van der Waals surface area contributed by atoms with Crippen LogP contribution in [-0.2, 0) is 19.0 Å². The zero-order valence-corrected chi connectivity index (χ0v) is 9.27. The van der Waals surface area contributed by atoms with Gasteiger partial charge in [0.05, 0.1) is 6.61 Å². The van der Waals surface area contributed by atoms with Gasteiger partial charge in [0.15, 0.2) is 6.29 Å². The zero-order chi connectivity index (χ0) is 11.1. The Kier molecular flexibility index (Phi) is 5.36. The molecule has 4 nitrogen and oxygen atoms in total. The molecule has 0 N–H and O–H groups in total. The fourth-order valence-corrected chi connectivity index (χ4v) is 1.28. The lowest BCUT2D eigenvalue weighted by Crippen LogP contribution is -2.21. The quantitative estimate of drug-likeness (QED) is 0.515. The highest BCUT2D eigenvalue weighted by Gasteiger charge is 2.24. The Labute approximate surface area is 90.2 Å². The van der Waals surface area contributed by atoms with Crippen LogP contribution >= 0.6 is 0 Å². The second kappa shape index (κ2) is 6.58. The van der Waals surface area contributed by atoms with E-state index in [-0.39, 0.29) is 25.0 Å². The van der Waals surface area contributed by atoms with Gasteiger partial charge in [0.2, 0.25) is 0 Å². The zero-order valence-electron chi connectivity index (χ0n) is 9.27. The Morgan fingerprint density at radius 2 is 2.40 bits per heavy atom. The van der Waals surface area contributed by atoms with Crippen molar-refractivity contribution < 1.29 is 19.0 Å². The molecule has 0 bridgehead atoms. The molecule has 0 aromatic heterocycles. The second-order valence-corrected chi connectivity index (χ2v) is 3.42. The van der Waals surface area contributed by atoms with Gasteiger partial charge in [-0.3, -0.25) is 4.79 Å². The Morgan fingerprint density at radius 3 is 3.07 bits per heavy atom. The van der Waals surface area contributed by atoms with Gasteiger partial charge in [-0.15, -0.1) is 0 Å². The molecule has 0 aliphatic carbocycles. The SMILES string of the molecule is C/C=C\C1OCC(COC(=O)CCC)O1. The minimum Gasteiger partial charge on any atom is -0.463 e. The normalized spacial score (nSPS) is 26.0. The molecule has 1 fully saturated rings. The first-order valence-corrected chi connectivity index (χ1v) is 5.31. The fourth-order valence-electron chi connectivity index (χ4n) is 1.28. The minimum absolute atomic E-state index is 0.132. The van der Waals surface area contributed by atoms with Crippen LogP contribution in [0.15, 0.2) is 12.2 Å². The topological polar surface area (TPSA) is 44.8 Å². The molecule has 1 aliphatic heterocycles. The lowest BCUT2D eigenvalue weighted by atomic mass is 10.3. The largest absolute Gasteiger partial charge is 0.463 e. The molecule has 2 atom stereocenters. The van der Waals surface area contributed by atoms with E-state index in [1.807, 2.05) is 26.0 Å². The maximum atomic E-state index is 11.1. The van der Waals surface area contributed by atoms with E-state index < -0.39 is 0 Å². The third-order valence-electron chi connectivity index (χ3n) is 2.01. The van der Waals surface area contributed by atoms with Crippen LogP contribution in [0, 0.1) is 0 Å². The molecule has 0 amide bonds. The van der Waals surface area contributed by atoms with E-state index in [0.717, 1.165) is 6.42 Å². The van der Waals surface area contributed by atoms with Gasteiger partial charge < -0.3 is 14.2 Å². The molecule has 2 unspecified atom stereocenters. The molecular formula is C11H18O4. The first-order chi connectivity index (χ1) is 7.26. The molecule has 4 heteroatoms. The molecular weight excluding hydrogens is 196 g/mol. The Balaban J connectivity index is 2.16. The van der Waals surface area contributed by atoms with Crippen LogP contribution in [0.5, 0.6) is 0 Å². The molecule has 0 spiro atoms. The minimum atomic E-state index is -0.287. The summed E-state index contributed by atoms with van der Waals surface area (Å²) in [5.41, 5.74) is 0. The Morgan fingerprint density at radius 1 is 1.60 bits per heavy atom. The van der Waals surface area contributed by atoms with Crippen molar-refractivity contribution in [2.45, 2.75) is 39.1 Å². The van der Waals surface area contributed by atoms with Gasteiger partial charge in [0.1, 0.15) is 12.7 Å². The summed E-state index contributed by atoms with van der Waals surface area (Å²) in [6, 6.07) is 0. The number of carbonyl (C=O) groups excluding carboxylic acids is 1. The number of rotatable bonds is 5. The van der Waals surface area contributed by atoms with Crippen LogP contribution in [0.3, 0.4) is 0 Å². The molecule has 0 saturated carbocycles. The first kappa shape index (κ1) is 12.2. The lowest BCUT2D eigenvalue weighted by molar-refractivity contribution is -0.147. The number of ether oxygens (including phenoxy) is 3. The maximum absolute atomic E-state index is 11.1. The average Bonchev–Trinajstić information content (AvgIpc) is 2.64. The maximum Gasteiger partial charge on any atom is 0.305 e. The van der Waals surface area contributed by atoms with Crippen molar-refractivity contribution in [2.24, 2.45) is 0 Å². The van der Waals surface area contributed by atoms with E-state index in [2.05, 4.69) is 0 Å². The predicted octanol–water partition coefficient (Wildman–Crippen LogP) is 1.65. The van der Waals surface area contributed by atoms with E-state index in [1.54, 1.807) is 0 Å². The van der Waals surface area contributed by atoms with Gasteiger partial charge in [-0.05, 0) is 19.4 Å². The van der Waals surface area contributed by atoms with Gasteiger partial charge in [0.25, 0.3) is 0 Å². The van der Waals surface area contributed by atoms with Crippen LogP contribution in [0.1, 0.15) is 26.7 Å². The molecule has 1 saturated heterocycles. The van der Waals surface area contributed by atoms with Crippen molar-refractivity contribution in [1.29, 1.82) is 0 Å². The molecule has 86 valence electrons. The summed E-state index contributed by atoms with van der Waals surface area (Å²) >= 11 is 0. The number of hydrogen-bond acceptors (Lipinski definition) is 4. The number of esters is 1. The van der Waals surface area contributed by atoms with E-state index in [4.69, 9.17) is 14.2 Å². The van der Waals surface area contributed by atoms with Crippen LogP contribution in [-0.4, -0.2) is 31.6 Å². The summed E-state index contributed by atoms with van der Waals surface area (Å²) in [4.78, 5) is 11.1. The molecule has 0 radical (unpaired) electrons. The van der Waals surface area contributed by atoms with Gasteiger partial charge >= 0.3 is 5.97 Å². The molecule has 1 rings (SSSR count). The van der Waals surface area contributed by atoms with Crippen LogP contribution in [0.25, 0.3) is 0 Å². The van der Waals surface area contributed by atoms with Crippen molar-refractivity contribution in [3.05, 3.63) is 12.2 Å². The summed E-state index contributed by atoms with van der Waals surface area (Å²) in [7, 11) is 0. The van der Waals surface area contributed by atoms with Crippen molar-refractivity contribution in [3.8, 4) is 0 Å². The van der Waals surface area contributed by atoms with E-state index in [1.165, 1.54) is 0 Å². The number of carbonyl (C=O) groups is 1. The Hall–Kier alpha value is -0.870. The summed E-state index contributed by atoms with van der Waals surface area (Å²) in [5, 5.41) is 0. The smallest absolute Gasteiger partial charge is 0.305 e. The van der Waals surface area contributed by atoms with Crippen molar-refractivity contribution in [1.82, 2.24) is 0 Å². The first-order valence-electron chi connectivity index (χ1n) is 5.31. The van der Waals surface area contributed by atoms with E-state index in [9.17, 15) is 4.79 Å². The molecule has 0 aromatic carbocycles. The molecule has 1 aliphatic rings. The van der Waals surface area contributed by atoms with Crippen molar-refractivity contribution in [2.75, 3.05) is 13.2 Å². The summed E-state index contributed by atoms with van der Waals surface area (Å²) in [5.74, 6) is -0.171. The number of allylic oxidation sites excluding steroid dienone is 1. The van der Waals surface area contributed by atoms with Crippen LogP contribution < -0.4 is 0 Å². The highest BCUT2D eigenvalue weighted by Crippen LogP contribution is 2.13. The highest BCUT2D eigenvalue weighted by atomic mass is 16.7. The van der Waals surface area contributed by atoms with Gasteiger partial charge in [-0.2, -0.15) is 0 Å². The van der Waals surface area contributed by atoms with E-state index in [0.29, 0.717) is 13.0 Å². The van der Waals surface area contributed by atoms with E-state index >= 15 is 0 Å². The van der Waals surface area contributed by atoms with Crippen LogP contribution in [0.4, 0.5) is 0 Å². The summed E-state index contributed by atoms with van der Waals surface area (Å²) in [6.07, 6.45) is 4.55. The monoisotopic (exact) mass is 214 g/mol. The van der Waals surface area contributed by atoms with Crippen molar-refractivity contribution in [3.63, 3.8) is 0 Å². The van der Waals surface area contributed by atoms with Gasteiger partial charge in [0, 0.05) is 6.42 Å². The molecule has 15 heavy (non-hydrogen) atoms. The fraction of sp³-hybridized carbons (Fsp3) is 0.727. The lowest BCUT2D eigenvalue weighted by Gasteiger charge is -2.09. The molecule has 1 heterocycles. The highest BCUT2D eigenvalue weighted by molar-refractivity contribution is 5.69. The summed E-state index contributed by atoms with van der Waals surface area (Å²) < 4.78 is 15.8. The second-order valence-electron chi connectivity index (χ2n) is 3.42. The summed E-state index contributed by atoms with van der Waals surface area (Å²) in [6.45, 7) is 4.61. The third kappa shape index (κ3) is 4.44. The standard InChI is InChI=1S/C11H18O4/c1-3-5-10(12)13-7-9-8-14-11(15-9)6-4-2/h4,6,9,11H,3,5,7-8H2,1-2H3/b6-4-. The van der Waals surface area contributed by atoms with Gasteiger partial charge in [-0.25, -0.2) is 0 Å². The van der Waals surface area contributed by atoms with Crippen LogP contribution in [0.2, 0.25) is 0 Å². The Bertz CT molecular complexity index is 225. The third-order valence-corrected chi connectivity index (χ3v) is 2.01. The van der Waals surface area contributed by atoms with Crippen molar-refractivity contribution >= 4 is 5.97 Å².